The number of hydrogen-bond acceptors (Lipinski definition) is 6. The second kappa shape index (κ2) is 8.43. The first-order valence-electron chi connectivity index (χ1n) is 9.52. The summed E-state index contributed by atoms with van der Waals surface area (Å²) < 4.78 is 19.9. The monoisotopic (exact) mass is 441 g/mol. The molecule has 1 amide bonds. The highest BCUT2D eigenvalue weighted by Gasteiger charge is 2.32. The van der Waals surface area contributed by atoms with Gasteiger partial charge in [0.1, 0.15) is 11.6 Å². The first-order valence-corrected chi connectivity index (χ1v) is 10.5. The number of hydrogen-bond donors (Lipinski definition) is 2. The standard InChI is InChI=1S/C22H20FN3O4S/c1-26-20-19(21(29)25-22(26)31-11-12-3-6-14(23)7-4-12)15(10-18(28)24-20)13-5-8-17(30-2)16(27)9-13/h3-9,15,27H,10-11H2,1-2H3,(H,24,28)/t15-/m1/s1. The number of ether oxygens (including phenoxy) is 1. The lowest BCUT2D eigenvalue weighted by Crippen LogP contribution is -2.33. The number of methoxy groups -OCH3 is 1. The maximum absolute atomic E-state index is 13.1. The molecule has 1 atom stereocenters. The third-order valence-electron chi connectivity index (χ3n) is 5.19. The fourth-order valence-corrected chi connectivity index (χ4v) is 4.52. The van der Waals surface area contributed by atoms with Crippen molar-refractivity contribution in [3.05, 3.63) is 75.3 Å². The van der Waals surface area contributed by atoms with Crippen LogP contribution < -0.4 is 15.6 Å². The molecule has 0 fully saturated rings. The van der Waals surface area contributed by atoms with E-state index in [2.05, 4.69) is 10.3 Å². The number of phenols is 1. The third kappa shape index (κ3) is 4.13. The predicted octanol–water partition coefficient (Wildman–Crippen LogP) is 3.40. The zero-order valence-electron chi connectivity index (χ0n) is 16.9. The van der Waals surface area contributed by atoms with Crippen LogP contribution in [0, 0.1) is 5.82 Å². The van der Waals surface area contributed by atoms with Crippen LogP contribution in [0.2, 0.25) is 0 Å². The number of halogens is 1. The van der Waals surface area contributed by atoms with Crippen LogP contribution in [0.3, 0.4) is 0 Å². The van der Waals surface area contributed by atoms with E-state index in [1.165, 1.54) is 37.1 Å². The van der Waals surface area contributed by atoms with Crippen molar-refractivity contribution in [3.8, 4) is 11.5 Å². The van der Waals surface area contributed by atoms with Crippen LogP contribution in [0.1, 0.15) is 29.0 Å². The van der Waals surface area contributed by atoms with Gasteiger partial charge in [0.25, 0.3) is 5.56 Å². The summed E-state index contributed by atoms with van der Waals surface area (Å²) in [6, 6.07) is 10.9. The Morgan fingerprint density at radius 1 is 1.26 bits per heavy atom. The molecule has 9 heteroatoms. The lowest BCUT2D eigenvalue weighted by Gasteiger charge is -2.27. The highest BCUT2D eigenvalue weighted by Crippen LogP contribution is 2.38. The number of nitrogens with one attached hydrogen (secondary N) is 1. The van der Waals surface area contributed by atoms with Gasteiger partial charge in [-0.1, -0.05) is 30.0 Å². The number of carbonyl (C=O) groups is 1. The van der Waals surface area contributed by atoms with Crippen LogP contribution in [-0.4, -0.2) is 27.7 Å². The quantitative estimate of drug-likeness (QED) is 0.466. The zero-order valence-corrected chi connectivity index (χ0v) is 17.7. The number of phenolic OH excluding ortho intramolecular Hbond substituents is 1. The summed E-state index contributed by atoms with van der Waals surface area (Å²) in [6.07, 6.45) is 0.0672. The van der Waals surface area contributed by atoms with Crippen LogP contribution in [0.25, 0.3) is 0 Å². The number of amides is 1. The molecular formula is C22H20FN3O4S. The molecule has 0 aliphatic carbocycles. The smallest absolute Gasteiger partial charge is 0.279 e. The van der Waals surface area contributed by atoms with E-state index >= 15 is 0 Å². The Balaban J connectivity index is 1.70. The Kier molecular flexibility index (Phi) is 5.69. The SMILES string of the molecule is COc1ccc([C@H]2CC(=O)Nc3c2c(=O)nc(SCc2ccc(F)cc2)n3C)cc1O. The van der Waals surface area contributed by atoms with Crippen LogP contribution in [-0.2, 0) is 17.6 Å². The third-order valence-corrected chi connectivity index (χ3v) is 6.29. The van der Waals surface area contributed by atoms with Gasteiger partial charge in [-0.05, 0) is 35.4 Å². The lowest BCUT2D eigenvalue weighted by molar-refractivity contribution is -0.116. The summed E-state index contributed by atoms with van der Waals surface area (Å²) >= 11 is 1.32. The summed E-state index contributed by atoms with van der Waals surface area (Å²) in [5.41, 5.74) is 1.45. The highest BCUT2D eigenvalue weighted by molar-refractivity contribution is 7.98. The lowest BCUT2D eigenvalue weighted by atomic mass is 9.86. The molecule has 3 aromatic rings. The first kappa shape index (κ1) is 20.9. The minimum absolute atomic E-state index is 0.0659. The molecule has 2 aromatic carbocycles. The average Bonchev–Trinajstić information content (AvgIpc) is 2.75. The molecule has 0 saturated heterocycles. The molecule has 0 radical (unpaired) electrons. The van der Waals surface area contributed by atoms with Gasteiger partial charge in [0.2, 0.25) is 5.91 Å². The molecule has 1 aliphatic rings. The van der Waals surface area contributed by atoms with Gasteiger partial charge < -0.3 is 19.7 Å². The summed E-state index contributed by atoms with van der Waals surface area (Å²) in [5.74, 6) is 0.0332. The molecule has 0 bridgehead atoms. The van der Waals surface area contributed by atoms with Crippen molar-refractivity contribution in [1.29, 1.82) is 0 Å². The molecule has 31 heavy (non-hydrogen) atoms. The van der Waals surface area contributed by atoms with Crippen LogP contribution in [0.15, 0.2) is 52.4 Å². The van der Waals surface area contributed by atoms with E-state index in [9.17, 15) is 19.1 Å². The molecule has 1 aromatic heterocycles. The predicted molar refractivity (Wildman–Crippen MR) is 115 cm³/mol. The Morgan fingerprint density at radius 3 is 2.68 bits per heavy atom. The second-order valence-electron chi connectivity index (χ2n) is 7.17. The molecular weight excluding hydrogens is 421 g/mol. The molecule has 4 rings (SSSR count). The highest BCUT2D eigenvalue weighted by atomic mass is 32.2. The summed E-state index contributed by atoms with van der Waals surface area (Å²) in [4.78, 5) is 29.6. The Hall–Kier alpha value is -3.33. The van der Waals surface area contributed by atoms with Crippen molar-refractivity contribution in [2.24, 2.45) is 7.05 Å². The van der Waals surface area contributed by atoms with Crippen molar-refractivity contribution in [2.45, 2.75) is 23.2 Å². The van der Waals surface area contributed by atoms with Gasteiger partial charge in [0, 0.05) is 25.1 Å². The van der Waals surface area contributed by atoms with Crippen molar-refractivity contribution in [2.75, 3.05) is 12.4 Å². The molecule has 2 N–H and O–H groups in total. The number of aromatic hydroxyl groups is 1. The van der Waals surface area contributed by atoms with Crippen molar-refractivity contribution in [3.63, 3.8) is 0 Å². The fraction of sp³-hybridized carbons (Fsp3) is 0.227. The number of rotatable bonds is 5. The van der Waals surface area contributed by atoms with E-state index in [1.54, 1.807) is 35.9 Å². The molecule has 1 aliphatic heterocycles. The molecule has 0 unspecified atom stereocenters. The summed E-state index contributed by atoms with van der Waals surface area (Å²) in [6.45, 7) is 0. The summed E-state index contributed by atoms with van der Waals surface area (Å²) in [7, 11) is 3.18. The van der Waals surface area contributed by atoms with E-state index in [1.807, 2.05) is 0 Å². The van der Waals surface area contributed by atoms with Crippen LogP contribution >= 0.6 is 11.8 Å². The number of fused-ring (bicyclic) bond motifs is 1. The number of nitrogens with zero attached hydrogens (tertiary/aromatic N) is 2. The van der Waals surface area contributed by atoms with Gasteiger partial charge in [-0.3, -0.25) is 9.59 Å². The average molecular weight is 441 g/mol. The van der Waals surface area contributed by atoms with E-state index < -0.39 is 11.5 Å². The minimum atomic E-state index is -0.539. The van der Waals surface area contributed by atoms with Gasteiger partial charge in [0.15, 0.2) is 16.7 Å². The van der Waals surface area contributed by atoms with Gasteiger partial charge >= 0.3 is 0 Å². The molecule has 0 spiro atoms. The van der Waals surface area contributed by atoms with Crippen LogP contribution in [0.5, 0.6) is 11.5 Å². The maximum Gasteiger partial charge on any atom is 0.279 e. The Labute approximate surface area is 181 Å². The normalized spacial score (nSPS) is 15.3. The van der Waals surface area contributed by atoms with Gasteiger partial charge in [0.05, 0.1) is 12.7 Å². The number of carbonyl (C=O) groups excluding carboxylic acids is 1. The largest absolute Gasteiger partial charge is 0.504 e. The van der Waals surface area contributed by atoms with Gasteiger partial charge in [-0.2, -0.15) is 4.98 Å². The van der Waals surface area contributed by atoms with Crippen molar-refractivity contribution >= 4 is 23.5 Å². The summed E-state index contributed by atoms with van der Waals surface area (Å²) in [5, 5.41) is 13.4. The van der Waals surface area contributed by atoms with E-state index in [0.29, 0.717) is 33.6 Å². The van der Waals surface area contributed by atoms with Crippen molar-refractivity contribution in [1.82, 2.24) is 9.55 Å². The number of benzene rings is 2. The topological polar surface area (TPSA) is 93.5 Å². The van der Waals surface area contributed by atoms with E-state index in [4.69, 9.17) is 4.74 Å². The van der Waals surface area contributed by atoms with E-state index in [-0.39, 0.29) is 23.9 Å². The zero-order chi connectivity index (χ0) is 22.1. The van der Waals surface area contributed by atoms with Gasteiger partial charge in [-0.25, -0.2) is 4.39 Å². The minimum Gasteiger partial charge on any atom is -0.504 e. The van der Waals surface area contributed by atoms with E-state index in [0.717, 1.165) is 5.56 Å². The first-order chi connectivity index (χ1) is 14.9. The Morgan fingerprint density at radius 2 is 2.00 bits per heavy atom. The Bertz CT molecular complexity index is 1210. The van der Waals surface area contributed by atoms with Gasteiger partial charge in [-0.15, -0.1) is 0 Å². The molecule has 160 valence electrons. The van der Waals surface area contributed by atoms with Crippen LogP contribution in [0.4, 0.5) is 10.2 Å². The number of thioether (sulfide) groups is 1. The molecule has 0 saturated carbocycles. The second-order valence-corrected chi connectivity index (χ2v) is 8.11. The molecule has 7 nitrogen and oxygen atoms in total. The number of anilines is 1. The number of aromatic nitrogens is 2. The fourth-order valence-electron chi connectivity index (χ4n) is 3.60. The van der Waals surface area contributed by atoms with Crippen molar-refractivity contribution < 1.29 is 19.0 Å². The maximum atomic E-state index is 13.1. The molecule has 2 heterocycles.